The zero-order valence-corrected chi connectivity index (χ0v) is 24.9. The normalized spacial score (nSPS) is 14.7. The van der Waals surface area contributed by atoms with Crippen molar-refractivity contribution in [3.05, 3.63) is 54.1 Å². The highest BCUT2D eigenvalue weighted by Gasteiger charge is 2.30. The summed E-state index contributed by atoms with van der Waals surface area (Å²) < 4.78 is 37.2. The molecule has 0 bridgehead atoms. The van der Waals surface area contributed by atoms with Crippen LogP contribution in [0, 0.1) is 0 Å². The Morgan fingerprint density at radius 2 is 1.68 bits per heavy atom. The third kappa shape index (κ3) is 8.61. The summed E-state index contributed by atoms with van der Waals surface area (Å²) in [7, 11) is -0.538. The quantitative estimate of drug-likeness (QED) is 0.357. The van der Waals surface area contributed by atoms with Crippen LogP contribution in [0.1, 0.15) is 63.9 Å². The van der Waals surface area contributed by atoms with E-state index in [4.69, 9.17) is 9.47 Å². The van der Waals surface area contributed by atoms with Crippen LogP contribution in [0.2, 0.25) is 0 Å². The number of nitrogens with zero attached hydrogens (tertiary/aromatic N) is 2. The average Bonchev–Trinajstić information content (AvgIpc) is 2.95. The number of ether oxygens (including phenoxy) is 2. The molecule has 0 aliphatic heterocycles. The summed E-state index contributed by atoms with van der Waals surface area (Å²) in [5.41, 5.74) is 1.30. The third-order valence-corrected chi connectivity index (χ3v) is 8.54. The molecule has 1 fully saturated rings. The molecule has 40 heavy (non-hydrogen) atoms. The Labute approximate surface area is 238 Å². The highest BCUT2D eigenvalue weighted by atomic mass is 32.2. The summed E-state index contributed by atoms with van der Waals surface area (Å²) in [4.78, 5) is 28.7. The van der Waals surface area contributed by atoms with Crippen LogP contribution in [0.3, 0.4) is 0 Å². The molecule has 220 valence electrons. The number of methoxy groups -OCH3 is 2. The number of benzene rings is 2. The van der Waals surface area contributed by atoms with Crippen molar-refractivity contribution < 1.29 is 27.5 Å². The molecule has 2 amide bonds. The van der Waals surface area contributed by atoms with Gasteiger partial charge in [-0.15, -0.1) is 0 Å². The molecule has 2 aromatic rings. The molecule has 1 saturated carbocycles. The monoisotopic (exact) mass is 573 g/mol. The predicted octanol–water partition coefficient (Wildman–Crippen LogP) is 4.51. The SMILES string of the molecule is CCC(C(=O)NC1CCCCC1)N(Cc1ccc(OC)cc1)C(=O)CCCN(c1ccccc1OC)S(C)(=O)=O. The zero-order chi connectivity index (χ0) is 29.1. The van der Waals surface area contributed by atoms with Crippen LogP contribution in [0.15, 0.2) is 48.5 Å². The summed E-state index contributed by atoms with van der Waals surface area (Å²) >= 11 is 0. The van der Waals surface area contributed by atoms with Gasteiger partial charge in [0.05, 0.1) is 26.2 Å². The van der Waals surface area contributed by atoms with Gasteiger partial charge in [0.15, 0.2) is 0 Å². The molecule has 1 unspecified atom stereocenters. The minimum Gasteiger partial charge on any atom is -0.497 e. The summed E-state index contributed by atoms with van der Waals surface area (Å²) in [5.74, 6) is 0.810. The Bertz CT molecular complexity index is 1210. The molecule has 2 aromatic carbocycles. The lowest BCUT2D eigenvalue weighted by Gasteiger charge is -2.33. The van der Waals surface area contributed by atoms with Gasteiger partial charge in [0.2, 0.25) is 21.8 Å². The summed E-state index contributed by atoms with van der Waals surface area (Å²) in [6.07, 6.45) is 7.27. The maximum absolute atomic E-state index is 13.7. The van der Waals surface area contributed by atoms with Crippen LogP contribution in [-0.4, -0.2) is 64.2 Å². The van der Waals surface area contributed by atoms with Crippen molar-refractivity contribution in [3.8, 4) is 11.5 Å². The van der Waals surface area contributed by atoms with Crippen LogP contribution in [-0.2, 0) is 26.2 Å². The fourth-order valence-corrected chi connectivity index (χ4v) is 6.18. The van der Waals surface area contributed by atoms with E-state index in [1.54, 1.807) is 36.3 Å². The van der Waals surface area contributed by atoms with Crippen molar-refractivity contribution in [2.45, 2.75) is 76.9 Å². The van der Waals surface area contributed by atoms with E-state index in [0.717, 1.165) is 37.5 Å². The number of hydrogen-bond acceptors (Lipinski definition) is 6. The fraction of sp³-hybridized carbons (Fsp3) is 0.533. The van der Waals surface area contributed by atoms with Gasteiger partial charge in [0.25, 0.3) is 0 Å². The molecule has 0 heterocycles. The predicted molar refractivity (Wildman–Crippen MR) is 157 cm³/mol. The Hall–Kier alpha value is -3.27. The van der Waals surface area contributed by atoms with E-state index in [1.165, 1.54) is 17.8 Å². The molecule has 0 spiro atoms. The molecule has 0 aromatic heterocycles. The van der Waals surface area contributed by atoms with E-state index in [0.29, 0.717) is 23.6 Å². The van der Waals surface area contributed by atoms with Gasteiger partial charge in [-0.05, 0) is 55.5 Å². The van der Waals surface area contributed by atoms with Gasteiger partial charge in [0, 0.05) is 25.6 Å². The zero-order valence-electron chi connectivity index (χ0n) is 24.1. The van der Waals surface area contributed by atoms with Gasteiger partial charge >= 0.3 is 0 Å². The number of nitrogens with one attached hydrogen (secondary N) is 1. The maximum Gasteiger partial charge on any atom is 0.243 e. The molecular formula is C30H43N3O6S. The van der Waals surface area contributed by atoms with Crippen molar-refractivity contribution in [1.29, 1.82) is 0 Å². The van der Waals surface area contributed by atoms with Crippen molar-refractivity contribution in [3.63, 3.8) is 0 Å². The van der Waals surface area contributed by atoms with Gasteiger partial charge in [-0.25, -0.2) is 8.42 Å². The standard InChI is InChI=1S/C30H43N3O6S/c1-5-26(30(35)31-24-12-7-6-8-13-24)32(22-23-17-19-25(38-2)20-18-23)29(34)16-11-21-33(40(4,36)37)27-14-9-10-15-28(27)39-3/h9-10,14-15,17-20,24,26H,5-8,11-13,16,21-22H2,1-4H3,(H,31,35). The number of anilines is 1. The van der Waals surface area contributed by atoms with E-state index < -0.39 is 16.1 Å². The van der Waals surface area contributed by atoms with E-state index in [2.05, 4.69) is 5.32 Å². The minimum absolute atomic E-state index is 0.0878. The molecule has 1 N–H and O–H groups in total. The van der Waals surface area contributed by atoms with E-state index in [1.807, 2.05) is 31.2 Å². The molecule has 9 nitrogen and oxygen atoms in total. The van der Waals surface area contributed by atoms with Gasteiger partial charge in [-0.3, -0.25) is 13.9 Å². The molecule has 1 aliphatic carbocycles. The van der Waals surface area contributed by atoms with Crippen molar-refractivity contribution in [2.24, 2.45) is 0 Å². The first kappa shape index (κ1) is 31.3. The summed E-state index contributed by atoms with van der Waals surface area (Å²) in [5, 5.41) is 3.18. The number of carbonyl (C=O) groups excluding carboxylic acids is 2. The lowest BCUT2D eigenvalue weighted by molar-refractivity contribution is -0.141. The van der Waals surface area contributed by atoms with Gasteiger partial charge in [0.1, 0.15) is 17.5 Å². The second kappa shape index (κ2) is 14.9. The number of carbonyl (C=O) groups is 2. The lowest BCUT2D eigenvalue weighted by Crippen LogP contribution is -2.51. The molecule has 0 radical (unpaired) electrons. The first-order valence-electron chi connectivity index (χ1n) is 14.0. The highest BCUT2D eigenvalue weighted by Crippen LogP contribution is 2.30. The van der Waals surface area contributed by atoms with E-state index >= 15 is 0 Å². The molecule has 3 rings (SSSR count). The number of para-hydroxylation sites is 2. The molecular weight excluding hydrogens is 530 g/mol. The van der Waals surface area contributed by atoms with Crippen LogP contribution in [0.4, 0.5) is 5.69 Å². The lowest BCUT2D eigenvalue weighted by atomic mass is 9.95. The van der Waals surface area contributed by atoms with Crippen molar-refractivity contribution in [2.75, 3.05) is 31.3 Å². The number of rotatable bonds is 14. The Kier molecular flexibility index (Phi) is 11.7. The van der Waals surface area contributed by atoms with Gasteiger partial charge < -0.3 is 19.7 Å². The molecule has 1 atom stereocenters. The largest absolute Gasteiger partial charge is 0.497 e. The van der Waals surface area contributed by atoms with Crippen LogP contribution < -0.4 is 19.1 Å². The maximum atomic E-state index is 13.7. The smallest absolute Gasteiger partial charge is 0.243 e. The number of hydrogen-bond donors (Lipinski definition) is 1. The van der Waals surface area contributed by atoms with Crippen LogP contribution >= 0.6 is 0 Å². The second-order valence-electron chi connectivity index (χ2n) is 10.2. The van der Waals surface area contributed by atoms with Crippen molar-refractivity contribution in [1.82, 2.24) is 10.2 Å². The molecule has 0 saturated heterocycles. The summed E-state index contributed by atoms with van der Waals surface area (Å²) in [6, 6.07) is 13.8. The highest BCUT2D eigenvalue weighted by molar-refractivity contribution is 7.92. The van der Waals surface area contributed by atoms with Crippen LogP contribution in [0.5, 0.6) is 11.5 Å². The Balaban J connectivity index is 1.78. The summed E-state index contributed by atoms with van der Waals surface area (Å²) in [6.45, 7) is 2.28. The fourth-order valence-electron chi connectivity index (χ4n) is 5.21. The van der Waals surface area contributed by atoms with Gasteiger partial charge in [-0.1, -0.05) is 50.5 Å². The van der Waals surface area contributed by atoms with Crippen LogP contribution in [0.25, 0.3) is 0 Å². The third-order valence-electron chi connectivity index (χ3n) is 7.36. The van der Waals surface area contributed by atoms with Crippen molar-refractivity contribution >= 4 is 27.5 Å². The minimum atomic E-state index is -3.62. The molecule has 10 heteroatoms. The Morgan fingerprint density at radius 1 is 1.00 bits per heavy atom. The number of amides is 2. The second-order valence-corrected chi connectivity index (χ2v) is 12.2. The number of sulfonamides is 1. The first-order chi connectivity index (χ1) is 19.2. The molecule has 1 aliphatic rings. The first-order valence-corrected chi connectivity index (χ1v) is 15.9. The average molecular weight is 574 g/mol. The van der Waals surface area contributed by atoms with E-state index in [9.17, 15) is 18.0 Å². The van der Waals surface area contributed by atoms with Gasteiger partial charge in [-0.2, -0.15) is 0 Å². The van der Waals surface area contributed by atoms with E-state index in [-0.39, 0.29) is 43.8 Å². The Morgan fingerprint density at radius 3 is 2.27 bits per heavy atom. The topological polar surface area (TPSA) is 105 Å².